The van der Waals surface area contributed by atoms with Crippen LogP contribution in [0, 0.1) is 6.92 Å². The number of rotatable bonds is 3. The summed E-state index contributed by atoms with van der Waals surface area (Å²) in [5, 5.41) is 2.97. The summed E-state index contributed by atoms with van der Waals surface area (Å²) in [5.41, 5.74) is 3.03. The Hall–Kier alpha value is -2.47. The molecule has 0 N–H and O–H groups in total. The fraction of sp³-hybridized carbons (Fsp3) is 0.278. The van der Waals surface area contributed by atoms with E-state index in [1.54, 1.807) is 17.5 Å². The van der Waals surface area contributed by atoms with E-state index >= 15 is 0 Å². The van der Waals surface area contributed by atoms with Gasteiger partial charge in [0.15, 0.2) is 0 Å². The van der Waals surface area contributed by atoms with Gasteiger partial charge < -0.3 is 9.47 Å². The van der Waals surface area contributed by atoms with E-state index in [9.17, 15) is 4.79 Å². The lowest BCUT2D eigenvalue weighted by atomic mass is 10.0. The molecule has 122 valence electrons. The number of thiazole rings is 1. The molecule has 0 bridgehead atoms. The Balaban J connectivity index is 1.67. The Morgan fingerprint density at radius 2 is 2.25 bits per heavy atom. The van der Waals surface area contributed by atoms with Gasteiger partial charge in [-0.2, -0.15) is 0 Å². The standard InChI is InChI=1S/C18H18N4OS/c1-13-20-15(12-24-13)10-17(23)22-9-8-21-7-3-5-16(21)18(22)14-4-2-6-19-11-14/h2-7,11-12,18H,8-10H2,1H3. The van der Waals surface area contributed by atoms with Crippen LogP contribution in [0.1, 0.15) is 28.0 Å². The molecule has 0 aromatic carbocycles. The second-order valence-electron chi connectivity index (χ2n) is 5.94. The third kappa shape index (κ3) is 2.73. The van der Waals surface area contributed by atoms with E-state index in [0.29, 0.717) is 13.0 Å². The summed E-state index contributed by atoms with van der Waals surface area (Å²) in [4.78, 5) is 23.6. The van der Waals surface area contributed by atoms with Gasteiger partial charge in [-0.3, -0.25) is 9.78 Å². The average molecular weight is 338 g/mol. The zero-order valence-electron chi connectivity index (χ0n) is 13.4. The van der Waals surface area contributed by atoms with Crippen molar-refractivity contribution in [1.82, 2.24) is 19.4 Å². The second kappa shape index (κ2) is 6.20. The second-order valence-corrected chi connectivity index (χ2v) is 7.00. The van der Waals surface area contributed by atoms with E-state index in [1.807, 2.05) is 41.6 Å². The van der Waals surface area contributed by atoms with Crippen LogP contribution in [0.15, 0.2) is 48.2 Å². The Morgan fingerprint density at radius 1 is 1.33 bits per heavy atom. The molecule has 3 aromatic heterocycles. The first-order valence-electron chi connectivity index (χ1n) is 7.98. The maximum Gasteiger partial charge on any atom is 0.229 e. The van der Waals surface area contributed by atoms with Crippen molar-refractivity contribution in [1.29, 1.82) is 0 Å². The number of aryl methyl sites for hydroxylation is 1. The minimum absolute atomic E-state index is 0.0883. The first-order chi connectivity index (χ1) is 11.7. The molecule has 24 heavy (non-hydrogen) atoms. The van der Waals surface area contributed by atoms with Gasteiger partial charge in [0.25, 0.3) is 0 Å². The van der Waals surface area contributed by atoms with Crippen LogP contribution in [0.3, 0.4) is 0 Å². The van der Waals surface area contributed by atoms with Crippen LogP contribution in [0.2, 0.25) is 0 Å². The number of carbonyl (C=O) groups excluding carboxylic acids is 1. The zero-order chi connectivity index (χ0) is 16.5. The van der Waals surface area contributed by atoms with Crippen LogP contribution in [0.5, 0.6) is 0 Å². The summed E-state index contributed by atoms with van der Waals surface area (Å²) >= 11 is 1.58. The maximum atomic E-state index is 13.0. The predicted octanol–water partition coefficient (Wildman–Crippen LogP) is 2.82. The molecule has 0 spiro atoms. The van der Waals surface area contributed by atoms with Gasteiger partial charge >= 0.3 is 0 Å². The summed E-state index contributed by atoms with van der Waals surface area (Å²) in [7, 11) is 0. The van der Waals surface area contributed by atoms with Crippen molar-refractivity contribution < 1.29 is 4.79 Å². The number of fused-ring (bicyclic) bond motifs is 1. The van der Waals surface area contributed by atoms with Gasteiger partial charge in [0.1, 0.15) is 0 Å². The highest BCUT2D eigenvalue weighted by Gasteiger charge is 2.32. The van der Waals surface area contributed by atoms with E-state index in [2.05, 4.69) is 26.8 Å². The summed E-state index contributed by atoms with van der Waals surface area (Å²) in [6.07, 6.45) is 6.03. The molecule has 5 nitrogen and oxygen atoms in total. The van der Waals surface area contributed by atoms with Crippen molar-refractivity contribution >= 4 is 17.2 Å². The molecule has 4 rings (SSSR count). The molecule has 3 aromatic rings. The van der Waals surface area contributed by atoms with E-state index in [4.69, 9.17) is 0 Å². The molecule has 6 heteroatoms. The van der Waals surface area contributed by atoms with Crippen LogP contribution in [-0.4, -0.2) is 31.9 Å². The quantitative estimate of drug-likeness (QED) is 0.738. The van der Waals surface area contributed by atoms with E-state index in [0.717, 1.165) is 28.5 Å². The molecular formula is C18H18N4OS. The molecule has 0 saturated carbocycles. The molecule has 1 aliphatic heterocycles. The smallest absolute Gasteiger partial charge is 0.229 e. The molecule has 0 fully saturated rings. The molecule has 1 aliphatic rings. The summed E-state index contributed by atoms with van der Waals surface area (Å²) in [6, 6.07) is 7.99. The highest BCUT2D eigenvalue weighted by Crippen LogP contribution is 2.32. The number of pyridine rings is 1. The predicted molar refractivity (Wildman–Crippen MR) is 92.8 cm³/mol. The minimum Gasteiger partial charge on any atom is -0.348 e. The van der Waals surface area contributed by atoms with Gasteiger partial charge in [-0.25, -0.2) is 4.98 Å². The number of carbonyl (C=O) groups is 1. The molecule has 0 radical (unpaired) electrons. The summed E-state index contributed by atoms with van der Waals surface area (Å²) in [5.74, 6) is 0.113. The van der Waals surface area contributed by atoms with Gasteiger partial charge in [0, 0.05) is 42.8 Å². The Bertz CT molecular complexity index is 855. The van der Waals surface area contributed by atoms with Crippen molar-refractivity contribution in [2.45, 2.75) is 25.9 Å². The average Bonchev–Trinajstić information content (AvgIpc) is 3.23. The zero-order valence-corrected chi connectivity index (χ0v) is 14.2. The molecular weight excluding hydrogens is 320 g/mol. The fourth-order valence-corrected chi connectivity index (χ4v) is 3.90. The van der Waals surface area contributed by atoms with Crippen LogP contribution in [0.25, 0.3) is 0 Å². The van der Waals surface area contributed by atoms with Crippen molar-refractivity contribution in [2.24, 2.45) is 0 Å². The van der Waals surface area contributed by atoms with Crippen molar-refractivity contribution in [3.63, 3.8) is 0 Å². The number of amides is 1. The van der Waals surface area contributed by atoms with E-state index in [1.165, 1.54) is 0 Å². The third-order valence-electron chi connectivity index (χ3n) is 4.36. The molecule has 0 saturated heterocycles. The van der Waals surface area contributed by atoms with Crippen LogP contribution >= 0.6 is 11.3 Å². The monoisotopic (exact) mass is 338 g/mol. The van der Waals surface area contributed by atoms with Crippen molar-refractivity contribution in [3.8, 4) is 0 Å². The number of hydrogen-bond donors (Lipinski definition) is 0. The van der Waals surface area contributed by atoms with Crippen LogP contribution in [-0.2, 0) is 17.8 Å². The fourth-order valence-electron chi connectivity index (χ4n) is 3.29. The highest BCUT2D eigenvalue weighted by molar-refractivity contribution is 7.09. The Morgan fingerprint density at radius 3 is 3.00 bits per heavy atom. The lowest BCUT2D eigenvalue weighted by molar-refractivity contribution is -0.133. The van der Waals surface area contributed by atoms with Gasteiger partial charge in [-0.1, -0.05) is 6.07 Å². The molecule has 1 amide bonds. The normalized spacial score (nSPS) is 16.9. The van der Waals surface area contributed by atoms with E-state index in [-0.39, 0.29) is 11.9 Å². The first-order valence-corrected chi connectivity index (χ1v) is 8.86. The van der Waals surface area contributed by atoms with Gasteiger partial charge in [0.05, 0.1) is 23.2 Å². The lowest BCUT2D eigenvalue weighted by Gasteiger charge is -2.37. The lowest BCUT2D eigenvalue weighted by Crippen LogP contribution is -2.43. The first kappa shape index (κ1) is 15.1. The Labute approximate surface area is 144 Å². The number of hydrogen-bond acceptors (Lipinski definition) is 4. The van der Waals surface area contributed by atoms with Gasteiger partial charge in [0.2, 0.25) is 5.91 Å². The SMILES string of the molecule is Cc1nc(CC(=O)N2CCn3cccc3C2c2cccnc2)cs1. The molecule has 1 atom stereocenters. The van der Waals surface area contributed by atoms with E-state index < -0.39 is 0 Å². The van der Waals surface area contributed by atoms with Crippen molar-refractivity contribution in [2.75, 3.05) is 6.54 Å². The molecule has 0 aliphatic carbocycles. The maximum absolute atomic E-state index is 13.0. The minimum atomic E-state index is -0.0883. The van der Waals surface area contributed by atoms with Crippen LogP contribution in [0.4, 0.5) is 0 Å². The number of aromatic nitrogens is 3. The van der Waals surface area contributed by atoms with Crippen LogP contribution < -0.4 is 0 Å². The largest absolute Gasteiger partial charge is 0.348 e. The van der Waals surface area contributed by atoms with Gasteiger partial charge in [-0.05, 0) is 30.7 Å². The summed E-state index contributed by atoms with van der Waals surface area (Å²) in [6.45, 7) is 3.48. The topological polar surface area (TPSA) is 51.0 Å². The summed E-state index contributed by atoms with van der Waals surface area (Å²) < 4.78 is 2.22. The van der Waals surface area contributed by atoms with Gasteiger partial charge in [-0.15, -0.1) is 11.3 Å². The number of nitrogens with zero attached hydrogens (tertiary/aromatic N) is 4. The van der Waals surface area contributed by atoms with Crippen molar-refractivity contribution in [3.05, 3.63) is 70.2 Å². The molecule has 1 unspecified atom stereocenters. The molecule has 4 heterocycles. The Kier molecular flexibility index (Phi) is 3.90. The highest BCUT2D eigenvalue weighted by atomic mass is 32.1. The third-order valence-corrected chi connectivity index (χ3v) is 5.18.